The molecule has 4 nitrogen and oxygen atoms in total. The molecule has 0 saturated heterocycles. The fourth-order valence-electron chi connectivity index (χ4n) is 1.99. The van der Waals surface area contributed by atoms with Crippen molar-refractivity contribution < 1.29 is 4.79 Å². The average Bonchev–Trinajstić information content (AvgIpc) is 2.18. The first-order chi connectivity index (χ1) is 6.65. The Morgan fingerprint density at radius 2 is 2.36 bits per heavy atom. The fraction of sp³-hybridized carbons (Fsp3) is 0.900. The molecule has 0 N–H and O–H groups in total. The van der Waals surface area contributed by atoms with Gasteiger partial charge in [0.25, 0.3) is 0 Å². The summed E-state index contributed by atoms with van der Waals surface area (Å²) in [6.45, 7) is 4.57. The molecule has 0 aromatic carbocycles. The second-order valence-electron chi connectivity index (χ2n) is 4.30. The van der Waals surface area contributed by atoms with Crippen molar-refractivity contribution in [2.45, 2.75) is 33.1 Å². The molecule has 1 unspecified atom stereocenters. The molecule has 1 aliphatic rings. The van der Waals surface area contributed by atoms with Crippen molar-refractivity contribution in [3.05, 3.63) is 10.4 Å². The van der Waals surface area contributed by atoms with Crippen molar-refractivity contribution in [2.24, 2.45) is 22.9 Å². The average molecular weight is 195 g/mol. The minimum Gasteiger partial charge on any atom is -0.299 e. The van der Waals surface area contributed by atoms with Gasteiger partial charge in [-0.2, -0.15) is 0 Å². The van der Waals surface area contributed by atoms with Gasteiger partial charge in [-0.1, -0.05) is 19.0 Å². The maximum absolute atomic E-state index is 11.5. The van der Waals surface area contributed by atoms with Gasteiger partial charge < -0.3 is 0 Å². The van der Waals surface area contributed by atoms with Crippen LogP contribution in [0.15, 0.2) is 5.11 Å². The lowest BCUT2D eigenvalue weighted by Gasteiger charge is -2.28. The Hall–Kier alpha value is -1.02. The van der Waals surface area contributed by atoms with Crippen molar-refractivity contribution in [1.29, 1.82) is 0 Å². The van der Waals surface area contributed by atoms with Gasteiger partial charge in [0.2, 0.25) is 0 Å². The Balaban J connectivity index is 2.45. The first-order valence-electron chi connectivity index (χ1n) is 5.18. The van der Waals surface area contributed by atoms with Crippen molar-refractivity contribution in [3.8, 4) is 0 Å². The summed E-state index contributed by atoms with van der Waals surface area (Å²) in [5, 5.41) is 3.56. The van der Waals surface area contributed by atoms with Crippen LogP contribution in [0.5, 0.6) is 0 Å². The molecule has 0 bridgehead atoms. The molecule has 1 rings (SSSR count). The van der Waals surface area contributed by atoms with Crippen LogP contribution in [0.2, 0.25) is 0 Å². The lowest BCUT2D eigenvalue weighted by Crippen LogP contribution is -2.27. The smallest absolute Gasteiger partial charge is 0.135 e. The summed E-state index contributed by atoms with van der Waals surface area (Å²) < 4.78 is 0. The van der Waals surface area contributed by atoms with E-state index in [1.807, 2.05) is 6.92 Å². The number of nitrogens with zero attached hydrogens (tertiary/aromatic N) is 3. The van der Waals surface area contributed by atoms with E-state index < -0.39 is 0 Å². The molecule has 0 aromatic rings. The van der Waals surface area contributed by atoms with Crippen LogP contribution in [0.25, 0.3) is 10.4 Å². The van der Waals surface area contributed by atoms with Crippen LogP contribution in [-0.4, -0.2) is 12.3 Å². The molecule has 0 amide bonds. The van der Waals surface area contributed by atoms with Crippen LogP contribution in [0.3, 0.4) is 0 Å². The summed E-state index contributed by atoms with van der Waals surface area (Å²) in [5.41, 5.74) is 8.20. The molecule has 0 spiro atoms. The summed E-state index contributed by atoms with van der Waals surface area (Å²) in [6.07, 6.45) is 2.75. The van der Waals surface area contributed by atoms with Crippen LogP contribution in [0.4, 0.5) is 0 Å². The third kappa shape index (κ3) is 2.74. The van der Waals surface area contributed by atoms with E-state index >= 15 is 0 Å². The van der Waals surface area contributed by atoms with E-state index in [4.69, 9.17) is 5.53 Å². The van der Waals surface area contributed by atoms with E-state index in [1.165, 1.54) is 0 Å². The van der Waals surface area contributed by atoms with Gasteiger partial charge in [0, 0.05) is 23.8 Å². The number of carbonyl (C=O) groups is 1. The molecule has 0 radical (unpaired) electrons. The molecule has 4 heteroatoms. The van der Waals surface area contributed by atoms with Crippen LogP contribution in [-0.2, 0) is 4.79 Å². The van der Waals surface area contributed by atoms with Gasteiger partial charge in [-0.3, -0.25) is 4.79 Å². The lowest BCUT2D eigenvalue weighted by molar-refractivity contribution is -0.125. The van der Waals surface area contributed by atoms with Crippen molar-refractivity contribution in [3.63, 3.8) is 0 Å². The molecule has 1 fully saturated rings. The zero-order valence-corrected chi connectivity index (χ0v) is 8.81. The zero-order chi connectivity index (χ0) is 10.6. The van der Waals surface area contributed by atoms with Gasteiger partial charge in [-0.05, 0) is 30.2 Å². The molecule has 0 aliphatic heterocycles. The number of carbonyl (C=O) groups excluding carboxylic acids is 1. The topological polar surface area (TPSA) is 65.8 Å². The van der Waals surface area contributed by atoms with E-state index in [0.717, 1.165) is 12.8 Å². The molecule has 1 aliphatic carbocycles. The Morgan fingerprint density at radius 1 is 1.64 bits per heavy atom. The Bertz CT molecular complexity index is 258. The standard InChI is InChI=1S/C10H17N3O/c1-7-3-4-9(5-10(7)14)8(2)6-12-13-11/h7-9H,3-6H2,1-2H3/t7-,8?,9-/m1/s1. The van der Waals surface area contributed by atoms with E-state index in [2.05, 4.69) is 16.9 Å². The first kappa shape index (κ1) is 11.1. The van der Waals surface area contributed by atoms with E-state index in [9.17, 15) is 4.79 Å². The Morgan fingerprint density at radius 3 is 2.93 bits per heavy atom. The minimum absolute atomic E-state index is 0.234. The summed E-state index contributed by atoms with van der Waals surface area (Å²) >= 11 is 0. The number of ketones is 1. The normalized spacial score (nSPS) is 29.4. The molecule has 3 atom stereocenters. The van der Waals surface area contributed by atoms with E-state index in [0.29, 0.717) is 30.6 Å². The number of Topliss-reactive ketones (excluding diaryl/α,β-unsaturated/α-hetero) is 1. The summed E-state index contributed by atoms with van der Waals surface area (Å²) in [5.74, 6) is 1.36. The zero-order valence-electron chi connectivity index (χ0n) is 8.81. The number of azide groups is 1. The Kier molecular flexibility index (Phi) is 3.96. The van der Waals surface area contributed by atoms with Gasteiger partial charge in [-0.25, -0.2) is 0 Å². The highest BCUT2D eigenvalue weighted by Crippen LogP contribution is 2.31. The van der Waals surface area contributed by atoms with Crippen LogP contribution >= 0.6 is 0 Å². The van der Waals surface area contributed by atoms with Gasteiger partial charge in [0.15, 0.2) is 0 Å². The van der Waals surface area contributed by atoms with E-state index in [1.54, 1.807) is 0 Å². The van der Waals surface area contributed by atoms with Crippen LogP contribution < -0.4 is 0 Å². The molecule has 1 saturated carbocycles. The molecule has 0 heterocycles. The molecule has 78 valence electrons. The third-order valence-corrected chi connectivity index (χ3v) is 3.22. The summed E-state index contributed by atoms with van der Waals surface area (Å²) in [6, 6.07) is 0. The maximum Gasteiger partial charge on any atom is 0.135 e. The fourth-order valence-corrected chi connectivity index (χ4v) is 1.99. The quantitative estimate of drug-likeness (QED) is 0.388. The predicted octanol–water partition coefficient (Wildman–Crippen LogP) is 2.94. The predicted molar refractivity (Wildman–Crippen MR) is 54.7 cm³/mol. The van der Waals surface area contributed by atoms with Crippen molar-refractivity contribution >= 4 is 5.78 Å². The molecular weight excluding hydrogens is 178 g/mol. The largest absolute Gasteiger partial charge is 0.299 e. The van der Waals surface area contributed by atoms with Crippen LogP contribution in [0.1, 0.15) is 33.1 Å². The highest BCUT2D eigenvalue weighted by molar-refractivity contribution is 5.81. The highest BCUT2D eigenvalue weighted by Gasteiger charge is 2.28. The lowest BCUT2D eigenvalue weighted by atomic mass is 9.76. The first-order valence-corrected chi connectivity index (χ1v) is 5.18. The Labute approximate surface area is 84.3 Å². The van der Waals surface area contributed by atoms with E-state index in [-0.39, 0.29) is 5.92 Å². The van der Waals surface area contributed by atoms with Crippen LogP contribution in [0, 0.1) is 17.8 Å². The second kappa shape index (κ2) is 5.01. The summed E-state index contributed by atoms with van der Waals surface area (Å²) in [4.78, 5) is 14.2. The third-order valence-electron chi connectivity index (χ3n) is 3.22. The minimum atomic E-state index is 0.234. The SMILES string of the molecule is CC(CN=[N+]=[N-])[C@@H]1CC[C@@H](C)C(=O)C1. The maximum atomic E-state index is 11.5. The van der Waals surface area contributed by atoms with Gasteiger partial charge in [-0.15, -0.1) is 0 Å². The van der Waals surface area contributed by atoms with Crippen molar-refractivity contribution in [1.82, 2.24) is 0 Å². The highest BCUT2D eigenvalue weighted by atomic mass is 16.1. The number of hydrogen-bond acceptors (Lipinski definition) is 2. The number of hydrogen-bond donors (Lipinski definition) is 0. The van der Waals surface area contributed by atoms with Gasteiger partial charge in [0.05, 0.1) is 0 Å². The molecular formula is C10H17N3O. The molecule has 14 heavy (non-hydrogen) atoms. The molecule has 0 aromatic heterocycles. The van der Waals surface area contributed by atoms with Gasteiger partial charge >= 0.3 is 0 Å². The second-order valence-corrected chi connectivity index (χ2v) is 4.30. The van der Waals surface area contributed by atoms with Gasteiger partial charge in [0.1, 0.15) is 5.78 Å². The number of rotatable bonds is 3. The summed E-state index contributed by atoms with van der Waals surface area (Å²) in [7, 11) is 0. The monoisotopic (exact) mass is 195 g/mol. The van der Waals surface area contributed by atoms with Crippen molar-refractivity contribution in [2.75, 3.05) is 6.54 Å².